The van der Waals surface area contributed by atoms with E-state index in [4.69, 9.17) is 29.6 Å². The summed E-state index contributed by atoms with van der Waals surface area (Å²) >= 11 is 12.9. The number of rotatable bonds is 16. The molecule has 2 saturated heterocycles. The molecule has 2 aliphatic rings. The Morgan fingerprint density at radius 2 is 1.68 bits per heavy atom. The van der Waals surface area contributed by atoms with Crippen LogP contribution in [-0.2, 0) is 44.8 Å². The summed E-state index contributed by atoms with van der Waals surface area (Å²) in [6.45, 7) is 11.2. The van der Waals surface area contributed by atoms with E-state index in [0.29, 0.717) is 80.1 Å². The minimum absolute atomic E-state index is 0.0531. The summed E-state index contributed by atoms with van der Waals surface area (Å²) in [6, 6.07) is -1.51. The van der Waals surface area contributed by atoms with E-state index in [1.807, 2.05) is 20.8 Å². The van der Waals surface area contributed by atoms with E-state index in [0.717, 1.165) is 0 Å². The second-order valence-corrected chi connectivity index (χ2v) is 19.0. The highest BCUT2D eigenvalue weighted by molar-refractivity contribution is 6.33. The van der Waals surface area contributed by atoms with Crippen LogP contribution in [0.1, 0.15) is 118 Å². The first-order valence-corrected chi connectivity index (χ1v) is 23.6. The zero-order valence-electron chi connectivity index (χ0n) is 39.3. The standard InChI is InChI=1S/C47H70Cl2N8O8/c1-10-17-34-40(59)51-24-15-13-19-37(41(60)54-36(26-29(3)4)45(64)56(9)39(43(62)52-34)28-31-27-32(48)21-22-33(31)49)55(8)44(63)35(18-12-14-23-50-30(5)58)53-42(61)38-20-16-25-57(38)46(65)47(6,7)11-2/h2,21-22,27,29,34-39H,10,12-20,23-26,28H2,1,3-9H3,(H,50,58)(H,51,59)(H,52,62)(H,53,61)(H,54,60)/t34-,35+,36+,37+,38+,39+/m1/s1. The van der Waals surface area contributed by atoms with E-state index < -0.39 is 77.1 Å². The molecule has 2 heterocycles. The lowest BCUT2D eigenvalue weighted by molar-refractivity contribution is -0.146. The van der Waals surface area contributed by atoms with Crippen molar-refractivity contribution in [2.24, 2.45) is 11.3 Å². The minimum Gasteiger partial charge on any atom is -0.356 e. The number of likely N-dealkylation sites (N-methyl/N-ethyl adjacent to an activating group) is 2. The van der Waals surface area contributed by atoms with Gasteiger partial charge in [0.15, 0.2) is 0 Å². The third-order valence-corrected chi connectivity index (χ3v) is 12.6. The second-order valence-electron chi connectivity index (χ2n) is 18.2. The fraction of sp³-hybridized carbons (Fsp3) is 0.660. The summed E-state index contributed by atoms with van der Waals surface area (Å²) in [6.07, 6.45) is 9.66. The van der Waals surface area contributed by atoms with Gasteiger partial charge in [0.25, 0.3) is 0 Å². The summed E-state index contributed by atoms with van der Waals surface area (Å²) in [7, 11) is 2.93. The number of nitrogens with zero attached hydrogens (tertiary/aromatic N) is 3. The minimum atomic E-state index is -1.18. The van der Waals surface area contributed by atoms with E-state index >= 15 is 0 Å². The Morgan fingerprint density at radius 3 is 2.32 bits per heavy atom. The van der Waals surface area contributed by atoms with Gasteiger partial charge in [0.05, 0.1) is 0 Å². The Labute approximate surface area is 394 Å². The normalized spacial score (nSPS) is 22.0. The van der Waals surface area contributed by atoms with E-state index in [-0.39, 0.29) is 50.0 Å². The molecule has 5 N–H and O–H groups in total. The summed E-state index contributed by atoms with van der Waals surface area (Å²) in [4.78, 5) is 115. The zero-order chi connectivity index (χ0) is 48.6. The van der Waals surface area contributed by atoms with Crippen LogP contribution >= 0.6 is 23.2 Å². The molecule has 0 spiro atoms. The lowest BCUT2D eigenvalue weighted by Gasteiger charge is -2.35. The predicted octanol–water partition coefficient (Wildman–Crippen LogP) is 3.75. The van der Waals surface area contributed by atoms with Crippen molar-refractivity contribution in [3.05, 3.63) is 33.8 Å². The Balaban J connectivity index is 2.03. The van der Waals surface area contributed by atoms with Gasteiger partial charge < -0.3 is 41.3 Å². The van der Waals surface area contributed by atoms with Crippen LogP contribution in [0.4, 0.5) is 0 Å². The number of carbonyl (C=O) groups is 8. The zero-order valence-corrected chi connectivity index (χ0v) is 40.8. The SMILES string of the molecule is C#CC(C)(C)C(=O)N1CCC[C@H]1C(=O)N[C@@H](CCCCNC(C)=O)C(=O)N(C)[C@H]1CCCCNC(=O)[C@@H](CCC)NC(=O)[C@H](Cc2cc(Cl)ccc2Cl)N(C)C(=O)[C@H](CC(C)C)NC1=O. The van der Waals surface area contributed by atoms with Crippen molar-refractivity contribution in [2.75, 3.05) is 33.7 Å². The van der Waals surface area contributed by atoms with Gasteiger partial charge >= 0.3 is 0 Å². The number of benzene rings is 1. The van der Waals surface area contributed by atoms with Crippen molar-refractivity contribution >= 4 is 70.5 Å². The van der Waals surface area contributed by atoms with Crippen molar-refractivity contribution < 1.29 is 38.4 Å². The number of hydrogen-bond acceptors (Lipinski definition) is 8. The molecular weight excluding hydrogens is 875 g/mol. The molecule has 2 fully saturated rings. The number of halogens is 2. The molecule has 0 aliphatic carbocycles. The van der Waals surface area contributed by atoms with Crippen molar-refractivity contribution in [3.63, 3.8) is 0 Å². The first kappa shape index (κ1) is 54.5. The maximum Gasteiger partial charge on any atom is 0.245 e. The van der Waals surface area contributed by atoms with Crippen LogP contribution in [-0.4, -0.2) is 132 Å². The molecule has 360 valence electrons. The molecule has 1 aromatic rings. The molecule has 6 atom stereocenters. The monoisotopic (exact) mass is 944 g/mol. The number of unbranched alkanes of at least 4 members (excludes halogenated alkanes) is 1. The lowest BCUT2D eigenvalue weighted by atomic mass is 9.92. The van der Waals surface area contributed by atoms with Crippen molar-refractivity contribution in [3.8, 4) is 12.3 Å². The number of hydrogen-bond donors (Lipinski definition) is 5. The van der Waals surface area contributed by atoms with Gasteiger partial charge in [-0.1, -0.05) is 56.3 Å². The van der Waals surface area contributed by atoms with Crippen LogP contribution in [0, 0.1) is 23.7 Å². The Bertz CT molecular complexity index is 1920. The van der Waals surface area contributed by atoms with Gasteiger partial charge in [0.1, 0.15) is 41.7 Å². The lowest BCUT2D eigenvalue weighted by Crippen LogP contribution is -2.60. The highest BCUT2D eigenvalue weighted by Gasteiger charge is 2.42. The highest BCUT2D eigenvalue weighted by Crippen LogP contribution is 2.27. The molecule has 18 heteroatoms. The molecule has 2 aliphatic heterocycles. The van der Waals surface area contributed by atoms with Crippen LogP contribution in [0.3, 0.4) is 0 Å². The van der Waals surface area contributed by atoms with Crippen LogP contribution in [0.2, 0.25) is 10.0 Å². The summed E-state index contributed by atoms with van der Waals surface area (Å²) < 4.78 is 0. The van der Waals surface area contributed by atoms with Gasteiger partial charge in [-0.05, 0) is 108 Å². The van der Waals surface area contributed by atoms with Crippen molar-refractivity contribution in [1.82, 2.24) is 41.3 Å². The Kier molecular flexibility index (Phi) is 21.5. The van der Waals surface area contributed by atoms with E-state index in [1.54, 1.807) is 32.0 Å². The molecule has 0 bridgehead atoms. The van der Waals surface area contributed by atoms with Gasteiger partial charge in [0.2, 0.25) is 47.3 Å². The molecule has 0 radical (unpaired) electrons. The Hall–Kier alpha value is -4.88. The Morgan fingerprint density at radius 1 is 0.985 bits per heavy atom. The number of amides is 8. The fourth-order valence-electron chi connectivity index (χ4n) is 8.16. The number of terminal acetylenes is 1. The maximum absolute atomic E-state index is 14.7. The molecule has 1 aromatic carbocycles. The van der Waals surface area contributed by atoms with Gasteiger partial charge in [-0.2, -0.15) is 0 Å². The smallest absolute Gasteiger partial charge is 0.245 e. The first-order valence-electron chi connectivity index (χ1n) is 22.8. The van der Waals surface area contributed by atoms with E-state index in [2.05, 4.69) is 32.5 Å². The van der Waals surface area contributed by atoms with Crippen LogP contribution in [0.5, 0.6) is 0 Å². The molecule has 16 nitrogen and oxygen atoms in total. The molecule has 8 amide bonds. The van der Waals surface area contributed by atoms with E-state index in [9.17, 15) is 38.4 Å². The number of nitrogens with one attached hydrogen (secondary N) is 5. The molecular formula is C47H70Cl2N8O8. The van der Waals surface area contributed by atoms with Crippen LogP contribution in [0.25, 0.3) is 0 Å². The maximum atomic E-state index is 14.7. The molecule has 3 rings (SSSR count). The summed E-state index contributed by atoms with van der Waals surface area (Å²) in [5.74, 6) is -1.46. The predicted molar refractivity (Wildman–Crippen MR) is 250 cm³/mol. The fourth-order valence-corrected chi connectivity index (χ4v) is 8.55. The third kappa shape index (κ3) is 15.9. The topological polar surface area (TPSA) is 206 Å². The molecule has 0 aromatic heterocycles. The largest absolute Gasteiger partial charge is 0.356 e. The van der Waals surface area contributed by atoms with Crippen LogP contribution < -0.4 is 26.6 Å². The summed E-state index contributed by atoms with van der Waals surface area (Å²) in [5, 5.41) is 15.0. The molecule has 0 saturated carbocycles. The van der Waals surface area contributed by atoms with E-state index in [1.165, 1.54) is 35.7 Å². The average Bonchev–Trinajstić information content (AvgIpc) is 3.75. The van der Waals surface area contributed by atoms with Gasteiger partial charge in [-0.15, -0.1) is 6.42 Å². The van der Waals surface area contributed by atoms with Crippen molar-refractivity contribution in [1.29, 1.82) is 0 Å². The van der Waals surface area contributed by atoms with Gasteiger partial charge in [-0.3, -0.25) is 38.4 Å². The molecule has 65 heavy (non-hydrogen) atoms. The van der Waals surface area contributed by atoms with Gasteiger partial charge in [0, 0.05) is 57.1 Å². The average molecular weight is 946 g/mol. The number of carbonyl (C=O) groups excluding carboxylic acids is 8. The second kappa shape index (κ2) is 25.7. The van der Waals surface area contributed by atoms with Crippen LogP contribution in [0.15, 0.2) is 18.2 Å². The molecule has 0 unspecified atom stereocenters. The first-order chi connectivity index (χ1) is 30.6. The van der Waals surface area contributed by atoms with Crippen molar-refractivity contribution in [2.45, 2.75) is 155 Å². The summed E-state index contributed by atoms with van der Waals surface area (Å²) in [5.41, 5.74) is -0.657. The van der Waals surface area contributed by atoms with Gasteiger partial charge in [-0.25, -0.2) is 0 Å². The third-order valence-electron chi connectivity index (χ3n) is 12.0. The quantitative estimate of drug-likeness (QED) is 0.122. The number of likely N-dealkylation sites (tertiary alicyclic amines) is 1. The highest BCUT2D eigenvalue weighted by atomic mass is 35.5.